The Balaban J connectivity index is 2.77. The molecule has 0 heterocycles. The van der Waals surface area contributed by atoms with Gasteiger partial charge in [0.15, 0.2) is 5.78 Å². The Morgan fingerprint density at radius 3 is 2.15 bits per heavy atom. The molecule has 2 rings (SSSR count). The van der Waals surface area contributed by atoms with E-state index in [2.05, 4.69) is 4.74 Å². The first-order chi connectivity index (χ1) is 12.7. The van der Waals surface area contributed by atoms with E-state index >= 15 is 0 Å². The fourth-order valence-corrected chi connectivity index (χ4v) is 2.74. The number of hydrogen-bond donors (Lipinski definition) is 4. The van der Waals surface area contributed by atoms with Gasteiger partial charge in [-0.1, -0.05) is 32.0 Å². The third kappa shape index (κ3) is 3.67. The normalized spacial score (nSPS) is 11.8. The van der Waals surface area contributed by atoms with Crippen molar-refractivity contribution in [2.75, 3.05) is 7.11 Å². The number of hydrogen-bond acceptors (Lipinski definition) is 7. The minimum absolute atomic E-state index is 0.0844. The second-order valence-corrected chi connectivity index (χ2v) is 6.24. The zero-order valence-electron chi connectivity index (χ0n) is 15.3. The average molecular weight is 374 g/mol. The molecule has 0 aliphatic carbocycles. The lowest BCUT2D eigenvalue weighted by molar-refractivity contribution is 0.0593. The van der Waals surface area contributed by atoms with Gasteiger partial charge in [0.1, 0.15) is 34.1 Å². The third-order valence-electron chi connectivity index (χ3n) is 4.57. The Hall–Kier alpha value is -3.22. The highest BCUT2D eigenvalue weighted by Crippen LogP contribution is 2.44. The predicted molar refractivity (Wildman–Crippen MR) is 97.5 cm³/mol. The van der Waals surface area contributed by atoms with Gasteiger partial charge in [-0.05, 0) is 18.1 Å². The molecule has 27 heavy (non-hydrogen) atoms. The molecule has 0 radical (unpaired) electrons. The number of ketones is 1. The van der Waals surface area contributed by atoms with Crippen LogP contribution in [-0.2, 0) is 11.2 Å². The lowest BCUT2D eigenvalue weighted by Crippen LogP contribution is -2.14. The van der Waals surface area contributed by atoms with Gasteiger partial charge in [0, 0.05) is 17.9 Å². The number of ether oxygens (including phenoxy) is 1. The highest BCUT2D eigenvalue weighted by molar-refractivity contribution is 6.08. The molecule has 7 nitrogen and oxygen atoms in total. The number of esters is 1. The minimum atomic E-state index is -1.05. The van der Waals surface area contributed by atoms with E-state index in [0.29, 0.717) is 12.0 Å². The number of methoxy groups -OCH3 is 1. The fourth-order valence-electron chi connectivity index (χ4n) is 2.74. The molecule has 0 aliphatic rings. The van der Waals surface area contributed by atoms with E-state index in [9.17, 15) is 30.0 Å². The molecule has 1 atom stereocenters. The summed E-state index contributed by atoms with van der Waals surface area (Å²) < 4.78 is 4.59. The first kappa shape index (κ1) is 20.1. The van der Waals surface area contributed by atoms with Crippen LogP contribution in [-0.4, -0.2) is 39.3 Å². The van der Waals surface area contributed by atoms with Crippen molar-refractivity contribution in [2.24, 2.45) is 5.92 Å². The molecule has 0 spiro atoms. The molecule has 2 aromatic rings. The van der Waals surface area contributed by atoms with E-state index < -0.39 is 46.0 Å². The molecule has 1 unspecified atom stereocenters. The molecule has 4 N–H and O–H groups in total. The zero-order chi connectivity index (χ0) is 20.3. The van der Waals surface area contributed by atoms with Crippen molar-refractivity contribution in [3.63, 3.8) is 0 Å². The van der Waals surface area contributed by atoms with Crippen LogP contribution in [0.3, 0.4) is 0 Å². The highest BCUT2D eigenvalue weighted by Gasteiger charge is 2.32. The van der Waals surface area contributed by atoms with Crippen LogP contribution in [0.15, 0.2) is 24.3 Å². The summed E-state index contributed by atoms with van der Waals surface area (Å²) in [5, 5.41) is 41.5. The van der Waals surface area contributed by atoms with Crippen LogP contribution >= 0.6 is 0 Å². The van der Waals surface area contributed by atoms with Gasteiger partial charge in [0.2, 0.25) is 0 Å². The maximum absolute atomic E-state index is 12.7. The number of Topliss-reactive ketones (excluding diaryl/α,β-unsaturated/α-hetero) is 1. The summed E-state index contributed by atoms with van der Waals surface area (Å²) in [6.45, 7) is 3.38. The van der Waals surface area contributed by atoms with Gasteiger partial charge in [-0.2, -0.15) is 0 Å². The van der Waals surface area contributed by atoms with Crippen LogP contribution in [0.4, 0.5) is 0 Å². The van der Waals surface area contributed by atoms with Crippen LogP contribution < -0.4 is 0 Å². The SMILES string of the molecule is CCC(C)C(=O)c1c(O)c(Cc2ccccc2O)c(O)c(C(=O)OC)c1O. The summed E-state index contributed by atoms with van der Waals surface area (Å²) >= 11 is 0. The van der Waals surface area contributed by atoms with Crippen LogP contribution in [0.2, 0.25) is 0 Å². The molecular formula is C20H22O7. The Labute approximate surface area is 156 Å². The number of rotatable bonds is 6. The highest BCUT2D eigenvalue weighted by atomic mass is 16.5. The van der Waals surface area contributed by atoms with Crippen molar-refractivity contribution in [3.05, 3.63) is 46.5 Å². The predicted octanol–water partition coefficient (Wildman–Crippen LogP) is 3.12. The molecule has 144 valence electrons. The number of para-hydroxylation sites is 1. The maximum atomic E-state index is 12.7. The van der Waals surface area contributed by atoms with Crippen molar-refractivity contribution in [3.8, 4) is 23.0 Å². The summed E-state index contributed by atoms with van der Waals surface area (Å²) in [4.78, 5) is 24.7. The second kappa shape index (κ2) is 7.99. The maximum Gasteiger partial charge on any atom is 0.345 e. The topological polar surface area (TPSA) is 124 Å². The number of phenols is 4. The monoisotopic (exact) mass is 374 g/mol. The van der Waals surface area contributed by atoms with Crippen molar-refractivity contribution < 1.29 is 34.8 Å². The number of phenolic OH excluding ortho intramolecular Hbond substituents is 4. The van der Waals surface area contributed by atoms with Gasteiger partial charge in [0.05, 0.1) is 7.11 Å². The number of aromatic hydroxyl groups is 4. The molecule has 0 fully saturated rings. The molecule has 0 saturated carbocycles. The molecule has 0 aliphatic heterocycles. The van der Waals surface area contributed by atoms with Gasteiger partial charge < -0.3 is 25.2 Å². The van der Waals surface area contributed by atoms with Gasteiger partial charge in [-0.3, -0.25) is 4.79 Å². The van der Waals surface area contributed by atoms with E-state index in [1.807, 2.05) is 0 Å². The molecular weight excluding hydrogens is 352 g/mol. The second-order valence-electron chi connectivity index (χ2n) is 6.24. The van der Waals surface area contributed by atoms with E-state index in [-0.39, 0.29) is 17.7 Å². The molecule has 2 aromatic carbocycles. The van der Waals surface area contributed by atoms with Gasteiger partial charge in [0.25, 0.3) is 0 Å². The van der Waals surface area contributed by atoms with E-state index in [1.54, 1.807) is 32.0 Å². The quantitative estimate of drug-likeness (QED) is 0.452. The summed E-state index contributed by atoms with van der Waals surface area (Å²) in [6, 6.07) is 6.24. The number of benzene rings is 2. The van der Waals surface area contributed by atoms with Gasteiger partial charge >= 0.3 is 5.97 Å². The zero-order valence-corrected chi connectivity index (χ0v) is 15.3. The summed E-state index contributed by atoms with van der Waals surface area (Å²) in [5.74, 6) is -4.42. The van der Waals surface area contributed by atoms with E-state index in [0.717, 1.165) is 7.11 Å². The molecule has 0 saturated heterocycles. The van der Waals surface area contributed by atoms with Gasteiger partial charge in [-0.25, -0.2) is 4.79 Å². The Morgan fingerprint density at radius 2 is 1.59 bits per heavy atom. The summed E-state index contributed by atoms with van der Waals surface area (Å²) in [5.41, 5.74) is -0.867. The standard InChI is InChI=1S/C20H22O7/c1-4-10(2)16(22)14-17(23)12(9-11-7-5-6-8-13(11)21)18(24)15(19(14)25)20(26)27-3/h5-8,10,21,23-25H,4,9H2,1-3H3. The molecule has 0 amide bonds. The molecule has 0 aromatic heterocycles. The largest absolute Gasteiger partial charge is 0.508 e. The van der Waals surface area contributed by atoms with Crippen LogP contribution in [0.25, 0.3) is 0 Å². The Morgan fingerprint density at radius 1 is 1.00 bits per heavy atom. The van der Waals surface area contributed by atoms with E-state index in [4.69, 9.17) is 0 Å². The average Bonchev–Trinajstić information content (AvgIpc) is 2.65. The molecule has 7 heteroatoms. The Kier molecular flexibility index (Phi) is 5.95. The minimum Gasteiger partial charge on any atom is -0.508 e. The van der Waals surface area contributed by atoms with E-state index in [1.165, 1.54) is 6.07 Å². The fraction of sp³-hybridized carbons (Fsp3) is 0.300. The summed E-state index contributed by atoms with van der Waals surface area (Å²) in [7, 11) is 1.06. The van der Waals surface area contributed by atoms with Crippen molar-refractivity contribution in [1.29, 1.82) is 0 Å². The van der Waals surface area contributed by atoms with Crippen LogP contribution in [0.1, 0.15) is 52.1 Å². The lowest BCUT2D eigenvalue weighted by atomic mass is 9.89. The molecule has 0 bridgehead atoms. The smallest absolute Gasteiger partial charge is 0.345 e. The van der Waals surface area contributed by atoms with Crippen LogP contribution in [0, 0.1) is 5.92 Å². The number of carbonyl (C=O) groups excluding carboxylic acids is 2. The van der Waals surface area contributed by atoms with Crippen molar-refractivity contribution >= 4 is 11.8 Å². The van der Waals surface area contributed by atoms with Crippen molar-refractivity contribution in [2.45, 2.75) is 26.7 Å². The number of carbonyl (C=O) groups is 2. The summed E-state index contributed by atoms with van der Waals surface area (Å²) in [6.07, 6.45) is 0.274. The first-order valence-corrected chi connectivity index (χ1v) is 8.43. The van der Waals surface area contributed by atoms with Gasteiger partial charge in [-0.15, -0.1) is 0 Å². The third-order valence-corrected chi connectivity index (χ3v) is 4.57. The van der Waals surface area contributed by atoms with Crippen LogP contribution in [0.5, 0.6) is 23.0 Å². The van der Waals surface area contributed by atoms with Crippen molar-refractivity contribution in [1.82, 2.24) is 0 Å². The first-order valence-electron chi connectivity index (χ1n) is 8.43. The Bertz CT molecular complexity index is 886. The lowest BCUT2D eigenvalue weighted by Gasteiger charge is -2.18.